The van der Waals surface area contributed by atoms with E-state index in [0.29, 0.717) is 5.92 Å². The lowest BCUT2D eigenvalue weighted by Crippen LogP contribution is -2.10. The van der Waals surface area contributed by atoms with E-state index in [-0.39, 0.29) is 0 Å². The first kappa shape index (κ1) is 23.8. The second-order valence-corrected chi connectivity index (χ2v) is 9.95. The van der Waals surface area contributed by atoms with E-state index in [1.807, 2.05) is 0 Å². The number of anilines is 3. The Kier molecular flexibility index (Phi) is 6.74. The van der Waals surface area contributed by atoms with Gasteiger partial charge in [-0.3, -0.25) is 0 Å². The van der Waals surface area contributed by atoms with Crippen LogP contribution in [0, 0.1) is 5.92 Å². The lowest BCUT2D eigenvalue weighted by atomic mass is 9.94. The summed E-state index contributed by atoms with van der Waals surface area (Å²) in [5.41, 5.74) is 10.8. The van der Waals surface area contributed by atoms with Crippen molar-refractivity contribution in [1.82, 2.24) is 0 Å². The Labute approximate surface area is 226 Å². The van der Waals surface area contributed by atoms with Gasteiger partial charge in [-0.05, 0) is 82.1 Å². The quantitative estimate of drug-likeness (QED) is 0.229. The maximum Gasteiger partial charge on any atom is 0.0467 e. The van der Waals surface area contributed by atoms with Gasteiger partial charge in [0, 0.05) is 17.1 Å². The third-order valence-electron chi connectivity index (χ3n) is 7.20. The van der Waals surface area contributed by atoms with Crippen LogP contribution in [0.25, 0.3) is 27.8 Å². The van der Waals surface area contributed by atoms with Crippen LogP contribution in [-0.4, -0.2) is 0 Å². The first-order valence-corrected chi connectivity index (χ1v) is 13.3. The number of nitrogens with zero attached hydrogens (tertiary/aromatic N) is 1. The van der Waals surface area contributed by atoms with Crippen LogP contribution in [0.15, 0.2) is 152 Å². The minimum atomic E-state index is 0.613. The topological polar surface area (TPSA) is 3.24 Å². The Morgan fingerprint density at radius 1 is 0.500 bits per heavy atom. The van der Waals surface area contributed by atoms with Gasteiger partial charge in [0.15, 0.2) is 0 Å². The number of allylic oxidation sites excluding steroid dienone is 4. The molecular formula is C37H31N. The fourth-order valence-corrected chi connectivity index (χ4v) is 5.10. The van der Waals surface area contributed by atoms with Crippen molar-refractivity contribution in [1.29, 1.82) is 0 Å². The standard InChI is InChI=1S/C37H31N/c1-28-18-20-31(21-19-28)32-22-24-35(25-23-32)38(36-16-8-14-33(26-36)29-10-4-2-5-11-29)37-17-9-15-34(27-37)30-12-6-3-7-13-30/h2-18,20-28H,19H2,1H3. The Bertz CT molecular complexity index is 1490. The first-order valence-electron chi connectivity index (χ1n) is 13.3. The molecule has 0 heterocycles. The summed E-state index contributed by atoms with van der Waals surface area (Å²) in [6.45, 7) is 2.26. The van der Waals surface area contributed by atoms with E-state index in [4.69, 9.17) is 0 Å². The summed E-state index contributed by atoms with van der Waals surface area (Å²) in [4.78, 5) is 2.36. The number of benzene rings is 5. The van der Waals surface area contributed by atoms with Crippen LogP contribution in [0.1, 0.15) is 18.9 Å². The van der Waals surface area contributed by atoms with Crippen molar-refractivity contribution in [3.8, 4) is 22.3 Å². The SMILES string of the molecule is CC1C=CC(c2ccc(N(c3cccc(-c4ccccc4)c3)c3cccc(-c4ccccc4)c3)cc2)=CC1. The van der Waals surface area contributed by atoms with Crippen molar-refractivity contribution in [2.45, 2.75) is 13.3 Å². The third kappa shape index (κ3) is 5.10. The van der Waals surface area contributed by atoms with Crippen LogP contribution in [0.2, 0.25) is 0 Å². The van der Waals surface area contributed by atoms with Gasteiger partial charge in [0.05, 0.1) is 0 Å². The molecule has 1 aliphatic rings. The highest BCUT2D eigenvalue weighted by Crippen LogP contribution is 2.38. The fourth-order valence-electron chi connectivity index (χ4n) is 5.10. The average molecular weight is 490 g/mol. The minimum absolute atomic E-state index is 0.613. The van der Waals surface area contributed by atoms with E-state index in [1.54, 1.807) is 0 Å². The molecule has 0 N–H and O–H groups in total. The molecule has 1 heteroatoms. The zero-order chi connectivity index (χ0) is 25.7. The van der Waals surface area contributed by atoms with Crippen molar-refractivity contribution >= 4 is 22.6 Å². The summed E-state index contributed by atoms with van der Waals surface area (Å²) in [6, 6.07) is 47.8. The molecule has 1 atom stereocenters. The van der Waals surface area contributed by atoms with Crippen molar-refractivity contribution in [3.63, 3.8) is 0 Å². The zero-order valence-electron chi connectivity index (χ0n) is 21.7. The van der Waals surface area contributed by atoms with E-state index in [2.05, 4.69) is 164 Å². The van der Waals surface area contributed by atoms with Gasteiger partial charge in [0.25, 0.3) is 0 Å². The molecule has 0 spiro atoms. The Hall–Kier alpha value is -4.62. The molecular weight excluding hydrogens is 458 g/mol. The molecule has 0 aromatic heterocycles. The Morgan fingerprint density at radius 3 is 1.53 bits per heavy atom. The summed E-state index contributed by atoms with van der Waals surface area (Å²) in [7, 11) is 0. The normalized spacial score (nSPS) is 14.7. The maximum absolute atomic E-state index is 2.36. The largest absolute Gasteiger partial charge is 0.310 e. The van der Waals surface area contributed by atoms with E-state index in [0.717, 1.165) is 23.5 Å². The molecule has 5 aromatic rings. The third-order valence-corrected chi connectivity index (χ3v) is 7.20. The molecule has 38 heavy (non-hydrogen) atoms. The highest BCUT2D eigenvalue weighted by molar-refractivity contribution is 5.83. The van der Waals surface area contributed by atoms with Gasteiger partial charge in [0.1, 0.15) is 0 Å². The number of hydrogen-bond acceptors (Lipinski definition) is 1. The molecule has 0 saturated heterocycles. The highest BCUT2D eigenvalue weighted by Gasteiger charge is 2.15. The van der Waals surface area contributed by atoms with E-state index < -0.39 is 0 Å². The van der Waals surface area contributed by atoms with Gasteiger partial charge in [-0.25, -0.2) is 0 Å². The van der Waals surface area contributed by atoms with E-state index >= 15 is 0 Å². The second-order valence-electron chi connectivity index (χ2n) is 9.95. The summed E-state index contributed by atoms with van der Waals surface area (Å²) >= 11 is 0. The molecule has 6 rings (SSSR count). The lowest BCUT2D eigenvalue weighted by molar-refractivity contribution is 0.739. The molecule has 0 bridgehead atoms. The second kappa shape index (κ2) is 10.8. The predicted molar refractivity (Wildman–Crippen MR) is 163 cm³/mol. The molecule has 5 aromatic carbocycles. The fraction of sp³-hybridized carbons (Fsp3) is 0.0811. The van der Waals surface area contributed by atoms with Crippen molar-refractivity contribution in [3.05, 3.63) is 157 Å². The van der Waals surface area contributed by atoms with Crippen molar-refractivity contribution < 1.29 is 0 Å². The smallest absolute Gasteiger partial charge is 0.0467 e. The molecule has 0 fully saturated rings. The molecule has 1 aliphatic carbocycles. The Balaban J connectivity index is 1.44. The summed E-state index contributed by atoms with van der Waals surface area (Å²) in [5.74, 6) is 0.613. The van der Waals surface area contributed by atoms with Crippen LogP contribution >= 0.6 is 0 Å². The maximum atomic E-state index is 2.36. The average Bonchev–Trinajstić information content (AvgIpc) is 2.99. The first-order chi connectivity index (χ1) is 18.7. The molecule has 0 saturated carbocycles. The molecule has 1 nitrogen and oxygen atoms in total. The van der Waals surface area contributed by atoms with Crippen LogP contribution in [0.3, 0.4) is 0 Å². The van der Waals surface area contributed by atoms with Gasteiger partial charge in [0.2, 0.25) is 0 Å². The van der Waals surface area contributed by atoms with Gasteiger partial charge in [-0.2, -0.15) is 0 Å². The van der Waals surface area contributed by atoms with Gasteiger partial charge < -0.3 is 4.90 Å². The predicted octanol–water partition coefficient (Wildman–Crippen LogP) is 10.5. The zero-order valence-corrected chi connectivity index (χ0v) is 21.7. The number of hydrogen-bond donors (Lipinski definition) is 0. The van der Waals surface area contributed by atoms with Gasteiger partial charge in [-0.1, -0.05) is 122 Å². The lowest BCUT2D eigenvalue weighted by Gasteiger charge is -2.27. The summed E-state index contributed by atoms with van der Waals surface area (Å²) in [6.07, 6.45) is 8.01. The highest BCUT2D eigenvalue weighted by atomic mass is 15.1. The van der Waals surface area contributed by atoms with E-state index in [9.17, 15) is 0 Å². The molecule has 0 amide bonds. The van der Waals surface area contributed by atoms with Crippen molar-refractivity contribution in [2.75, 3.05) is 4.90 Å². The van der Waals surface area contributed by atoms with Crippen LogP contribution in [0.4, 0.5) is 17.1 Å². The molecule has 0 radical (unpaired) electrons. The molecule has 184 valence electrons. The summed E-state index contributed by atoms with van der Waals surface area (Å²) in [5, 5.41) is 0. The number of rotatable bonds is 6. The monoisotopic (exact) mass is 489 g/mol. The van der Waals surface area contributed by atoms with Crippen LogP contribution in [-0.2, 0) is 0 Å². The van der Waals surface area contributed by atoms with Crippen LogP contribution in [0.5, 0.6) is 0 Å². The minimum Gasteiger partial charge on any atom is -0.310 e. The van der Waals surface area contributed by atoms with Gasteiger partial charge >= 0.3 is 0 Å². The molecule has 1 unspecified atom stereocenters. The molecule has 0 aliphatic heterocycles. The van der Waals surface area contributed by atoms with Crippen LogP contribution < -0.4 is 4.90 Å². The Morgan fingerprint density at radius 2 is 1.03 bits per heavy atom. The summed E-state index contributed by atoms with van der Waals surface area (Å²) < 4.78 is 0. The van der Waals surface area contributed by atoms with Crippen molar-refractivity contribution in [2.24, 2.45) is 5.92 Å². The van der Waals surface area contributed by atoms with E-state index in [1.165, 1.54) is 33.4 Å². The van der Waals surface area contributed by atoms with Gasteiger partial charge in [-0.15, -0.1) is 0 Å².